The quantitative estimate of drug-likeness (QED) is 0.789. The average molecular weight is 348 g/mol. The highest BCUT2D eigenvalue weighted by atomic mass is 15.1. The Balaban J connectivity index is 1.77. The van der Waals surface area contributed by atoms with Gasteiger partial charge in [0.15, 0.2) is 0 Å². The van der Waals surface area contributed by atoms with Gasteiger partial charge in [-0.15, -0.1) is 0 Å². The van der Waals surface area contributed by atoms with Gasteiger partial charge >= 0.3 is 0 Å². The Hall–Kier alpha value is -2.17. The molecule has 0 amide bonds. The average Bonchev–Trinajstić information content (AvgIpc) is 2.76. The summed E-state index contributed by atoms with van der Waals surface area (Å²) in [5.74, 6) is 0. The summed E-state index contributed by atoms with van der Waals surface area (Å²) >= 11 is 0. The molecular formula is C22H28N4. The van der Waals surface area contributed by atoms with E-state index in [1.54, 1.807) is 0 Å². The summed E-state index contributed by atoms with van der Waals surface area (Å²) < 4.78 is 2.47. The number of benzene rings is 1. The molecule has 0 saturated carbocycles. The first-order valence-electron chi connectivity index (χ1n) is 9.50. The molecule has 0 bridgehead atoms. The smallest absolute Gasteiger partial charge is 0.0492 e. The van der Waals surface area contributed by atoms with Crippen LogP contribution < -0.4 is 5.73 Å². The van der Waals surface area contributed by atoms with Gasteiger partial charge in [-0.1, -0.05) is 17.7 Å². The van der Waals surface area contributed by atoms with Gasteiger partial charge < -0.3 is 15.2 Å². The highest BCUT2D eigenvalue weighted by molar-refractivity contribution is 5.86. The zero-order chi connectivity index (χ0) is 18.3. The first kappa shape index (κ1) is 17.3. The third-order valence-electron chi connectivity index (χ3n) is 5.66. The van der Waals surface area contributed by atoms with Crippen LogP contribution in [0.1, 0.15) is 34.1 Å². The van der Waals surface area contributed by atoms with Crippen molar-refractivity contribution >= 4 is 10.9 Å². The second-order valence-electron chi connectivity index (χ2n) is 7.70. The summed E-state index contributed by atoms with van der Waals surface area (Å²) in [6, 6.07) is 10.9. The number of aryl methyl sites for hydroxylation is 2. The summed E-state index contributed by atoms with van der Waals surface area (Å²) in [7, 11) is 2.22. The summed E-state index contributed by atoms with van der Waals surface area (Å²) in [5, 5.41) is 1.41. The number of rotatable bonds is 3. The third-order valence-corrected chi connectivity index (χ3v) is 5.66. The summed E-state index contributed by atoms with van der Waals surface area (Å²) in [6.45, 7) is 7.20. The van der Waals surface area contributed by atoms with Gasteiger partial charge in [0.1, 0.15) is 0 Å². The van der Waals surface area contributed by atoms with Crippen LogP contribution in [0, 0.1) is 13.8 Å². The molecule has 1 atom stereocenters. The molecule has 0 radical (unpaired) electrons. The van der Waals surface area contributed by atoms with E-state index in [-0.39, 0.29) is 6.04 Å². The van der Waals surface area contributed by atoms with E-state index in [0.29, 0.717) is 0 Å². The molecule has 0 spiro atoms. The van der Waals surface area contributed by atoms with Crippen LogP contribution in [0.25, 0.3) is 10.9 Å². The summed E-state index contributed by atoms with van der Waals surface area (Å²) in [6.07, 6.45) is 4.11. The van der Waals surface area contributed by atoms with E-state index in [2.05, 4.69) is 52.7 Å². The van der Waals surface area contributed by atoms with Crippen LogP contribution in [0.2, 0.25) is 0 Å². The molecule has 4 rings (SSSR count). The second-order valence-corrected chi connectivity index (χ2v) is 7.70. The standard InChI is InChI=1S/C22H28N4/c1-15-4-7-21-19(12-15)18-8-10-25(3)11-9-22(18)26(21)14-20(23)17-6-5-16(2)24-13-17/h4-7,12-13,20H,8-11,14,23H2,1-3H3. The van der Waals surface area contributed by atoms with Crippen LogP contribution in [0.5, 0.6) is 0 Å². The molecule has 26 heavy (non-hydrogen) atoms. The number of pyridine rings is 1. The molecule has 3 heterocycles. The van der Waals surface area contributed by atoms with Crippen LogP contribution in [-0.2, 0) is 19.4 Å². The Morgan fingerprint density at radius 3 is 2.69 bits per heavy atom. The summed E-state index contributed by atoms with van der Waals surface area (Å²) in [4.78, 5) is 6.85. The molecule has 1 aliphatic rings. The first-order valence-corrected chi connectivity index (χ1v) is 9.50. The highest BCUT2D eigenvalue weighted by Crippen LogP contribution is 2.31. The van der Waals surface area contributed by atoms with Crippen molar-refractivity contribution in [2.45, 2.75) is 39.3 Å². The van der Waals surface area contributed by atoms with Crippen LogP contribution in [0.4, 0.5) is 0 Å². The fourth-order valence-corrected chi connectivity index (χ4v) is 4.08. The Labute approximate surface area is 155 Å². The summed E-state index contributed by atoms with van der Waals surface area (Å²) in [5.41, 5.74) is 14.3. The van der Waals surface area contributed by atoms with Crippen molar-refractivity contribution in [2.75, 3.05) is 20.1 Å². The normalized spacial score (nSPS) is 16.5. The Morgan fingerprint density at radius 2 is 1.92 bits per heavy atom. The maximum absolute atomic E-state index is 6.59. The SMILES string of the molecule is Cc1ccc2c(c1)c1c(n2CC(N)c2ccc(C)nc2)CCN(C)CC1. The molecule has 1 aromatic carbocycles. The Morgan fingerprint density at radius 1 is 1.12 bits per heavy atom. The van der Waals surface area contributed by atoms with Crippen molar-refractivity contribution < 1.29 is 0 Å². The van der Waals surface area contributed by atoms with Gasteiger partial charge in [-0.3, -0.25) is 4.98 Å². The molecule has 2 N–H and O–H groups in total. The zero-order valence-corrected chi connectivity index (χ0v) is 16.0. The van der Waals surface area contributed by atoms with Gasteiger partial charge in [-0.25, -0.2) is 0 Å². The largest absolute Gasteiger partial charge is 0.342 e. The lowest BCUT2D eigenvalue weighted by Gasteiger charge is -2.18. The Kier molecular flexibility index (Phi) is 4.55. The minimum atomic E-state index is -0.0508. The number of hydrogen-bond donors (Lipinski definition) is 1. The predicted octanol–water partition coefficient (Wildman–Crippen LogP) is 3.38. The monoisotopic (exact) mass is 348 g/mol. The molecule has 1 aliphatic heterocycles. The molecule has 136 valence electrons. The van der Waals surface area contributed by atoms with Crippen molar-refractivity contribution in [3.05, 3.63) is 64.6 Å². The topological polar surface area (TPSA) is 47.1 Å². The van der Waals surface area contributed by atoms with E-state index < -0.39 is 0 Å². The Bertz CT molecular complexity index is 923. The molecule has 1 unspecified atom stereocenters. The highest BCUT2D eigenvalue weighted by Gasteiger charge is 2.22. The van der Waals surface area contributed by atoms with Crippen molar-refractivity contribution in [2.24, 2.45) is 5.73 Å². The maximum Gasteiger partial charge on any atom is 0.0492 e. The van der Waals surface area contributed by atoms with Crippen molar-refractivity contribution in [3.8, 4) is 0 Å². The third kappa shape index (κ3) is 3.15. The van der Waals surface area contributed by atoms with Crippen molar-refractivity contribution in [1.29, 1.82) is 0 Å². The van der Waals surface area contributed by atoms with Crippen LogP contribution in [0.15, 0.2) is 36.5 Å². The van der Waals surface area contributed by atoms with Gasteiger partial charge in [-0.2, -0.15) is 0 Å². The van der Waals surface area contributed by atoms with Gasteiger partial charge in [0.25, 0.3) is 0 Å². The number of fused-ring (bicyclic) bond motifs is 3. The molecule has 4 heteroatoms. The van der Waals surface area contributed by atoms with Gasteiger partial charge in [-0.05, 0) is 56.6 Å². The zero-order valence-electron chi connectivity index (χ0n) is 16.0. The number of nitrogens with zero attached hydrogens (tertiary/aromatic N) is 3. The minimum absolute atomic E-state index is 0.0508. The molecule has 0 fully saturated rings. The predicted molar refractivity (Wildman–Crippen MR) is 107 cm³/mol. The molecule has 3 aromatic rings. The molecule has 4 nitrogen and oxygen atoms in total. The van der Waals surface area contributed by atoms with Crippen LogP contribution in [0.3, 0.4) is 0 Å². The van der Waals surface area contributed by atoms with Gasteiger partial charge in [0, 0.05) is 60.6 Å². The molecule has 0 saturated heterocycles. The lowest BCUT2D eigenvalue weighted by molar-refractivity contribution is 0.350. The lowest BCUT2D eigenvalue weighted by atomic mass is 10.1. The number of hydrogen-bond acceptors (Lipinski definition) is 3. The molecule has 0 aliphatic carbocycles. The van der Waals surface area contributed by atoms with E-state index in [1.165, 1.54) is 27.7 Å². The van der Waals surface area contributed by atoms with Gasteiger partial charge in [0.05, 0.1) is 0 Å². The number of aromatic nitrogens is 2. The molecule has 2 aromatic heterocycles. The van der Waals surface area contributed by atoms with Crippen LogP contribution >= 0.6 is 0 Å². The van der Waals surface area contributed by atoms with E-state index in [0.717, 1.165) is 43.7 Å². The lowest BCUT2D eigenvalue weighted by Crippen LogP contribution is -2.22. The van der Waals surface area contributed by atoms with E-state index in [1.807, 2.05) is 19.2 Å². The van der Waals surface area contributed by atoms with E-state index in [4.69, 9.17) is 5.73 Å². The van der Waals surface area contributed by atoms with E-state index in [9.17, 15) is 0 Å². The number of likely N-dealkylation sites (N-methyl/N-ethyl adjacent to an activating group) is 1. The fourth-order valence-electron chi connectivity index (χ4n) is 4.08. The minimum Gasteiger partial charge on any atom is -0.342 e. The molecular weight excluding hydrogens is 320 g/mol. The maximum atomic E-state index is 6.59. The first-order chi connectivity index (χ1) is 12.5. The van der Waals surface area contributed by atoms with Gasteiger partial charge in [0.2, 0.25) is 0 Å². The fraction of sp³-hybridized carbons (Fsp3) is 0.409. The van der Waals surface area contributed by atoms with E-state index >= 15 is 0 Å². The number of nitrogens with two attached hydrogens (primary N) is 1. The van der Waals surface area contributed by atoms with Crippen molar-refractivity contribution in [3.63, 3.8) is 0 Å². The van der Waals surface area contributed by atoms with Crippen molar-refractivity contribution in [1.82, 2.24) is 14.5 Å². The second kappa shape index (κ2) is 6.86. The van der Waals surface area contributed by atoms with Crippen LogP contribution in [-0.4, -0.2) is 34.6 Å².